The van der Waals surface area contributed by atoms with Crippen LogP contribution in [0.1, 0.15) is 24.0 Å². The monoisotopic (exact) mass is 274 g/mol. The van der Waals surface area contributed by atoms with E-state index in [0.717, 1.165) is 24.5 Å². The zero-order valence-corrected chi connectivity index (χ0v) is 11.0. The van der Waals surface area contributed by atoms with Gasteiger partial charge in [-0.1, -0.05) is 36.4 Å². The average molecular weight is 274 g/mol. The first-order chi connectivity index (χ1) is 9.62. The number of aliphatic hydroxyl groups excluding tert-OH is 1. The van der Waals surface area contributed by atoms with Crippen molar-refractivity contribution < 1.29 is 13.9 Å². The van der Waals surface area contributed by atoms with Crippen LogP contribution in [0, 0.1) is 11.6 Å². The summed E-state index contributed by atoms with van der Waals surface area (Å²) >= 11 is 0. The molecule has 1 unspecified atom stereocenters. The Morgan fingerprint density at radius 2 is 1.75 bits per heavy atom. The molecule has 104 valence electrons. The van der Waals surface area contributed by atoms with E-state index in [2.05, 4.69) is 0 Å². The van der Waals surface area contributed by atoms with Gasteiger partial charge in [0.05, 0.1) is 6.10 Å². The first-order valence-electron chi connectivity index (χ1n) is 6.79. The van der Waals surface area contributed by atoms with Crippen LogP contribution >= 0.6 is 0 Å². The van der Waals surface area contributed by atoms with Gasteiger partial charge in [0.2, 0.25) is 0 Å². The first kappa shape index (κ1) is 13.3. The lowest BCUT2D eigenvalue weighted by Crippen LogP contribution is -2.28. The second-order valence-electron chi connectivity index (χ2n) is 5.48. The Morgan fingerprint density at radius 1 is 1.05 bits per heavy atom. The molecule has 0 radical (unpaired) electrons. The van der Waals surface area contributed by atoms with Crippen LogP contribution in [0.15, 0.2) is 48.5 Å². The smallest absolute Gasteiger partial charge is 0.129 e. The minimum absolute atomic E-state index is 0.209. The van der Waals surface area contributed by atoms with Gasteiger partial charge in [0.25, 0.3) is 0 Å². The number of benzene rings is 2. The molecule has 0 saturated heterocycles. The van der Waals surface area contributed by atoms with Gasteiger partial charge in [-0.05, 0) is 30.0 Å². The fourth-order valence-corrected chi connectivity index (χ4v) is 2.81. The van der Waals surface area contributed by atoms with Crippen molar-refractivity contribution in [3.63, 3.8) is 0 Å². The van der Waals surface area contributed by atoms with Gasteiger partial charge in [-0.3, -0.25) is 0 Å². The maximum atomic E-state index is 13.7. The molecular weight excluding hydrogens is 258 g/mol. The van der Waals surface area contributed by atoms with Crippen molar-refractivity contribution in [2.75, 3.05) is 0 Å². The van der Waals surface area contributed by atoms with E-state index in [0.29, 0.717) is 5.56 Å². The largest absolute Gasteiger partial charge is 0.392 e. The van der Waals surface area contributed by atoms with E-state index in [-0.39, 0.29) is 11.8 Å². The molecule has 1 N–H and O–H groups in total. The number of halogens is 2. The van der Waals surface area contributed by atoms with Gasteiger partial charge in [0, 0.05) is 17.9 Å². The zero-order valence-electron chi connectivity index (χ0n) is 11.0. The molecule has 2 aromatic rings. The molecule has 0 spiro atoms. The van der Waals surface area contributed by atoms with E-state index in [4.69, 9.17) is 0 Å². The maximum absolute atomic E-state index is 13.7. The second kappa shape index (κ2) is 4.98. The highest BCUT2D eigenvalue weighted by atomic mass is 19.1. The standard InChI is InChI=1S/C17H16F2O/c18-14-7-6-12(15(19)11-14)10-16(20)17(8-9-17)13-4-2-1-3-5-13/h1-7,11,16,20H,8-10H2. The van der Waals surface area contributed by atoms with Crippen molar-refractivity contribution in [1.82, 2.24) is 0 Å². The minimum atomic E-state index is -0.648. The molecule has 3 rings (SSSR count). The van der Waals surface area contributed by atoms with Gasteiger partial charge < -0.3 is 5.11 Å². The Labute approximate surface area is 116 Å². The molecule has 1 nitrogen and oxygen atoms in total. The molecular formula is C17H16F2O. The lowest BCUT2D eigenvalue weighted by molar-refractivity contribution is 0.130. The summed E-state index contributed by atoms with van der Waals surface area (Å²) in [6.45, 7) is 0. The molecule has 1 aliphatic carbocycles. The first-order valence-corrected chi connectivity index (χ1v) is 6.79. The molecule has 20 heavy (non-hydrogen) atoms. The highest BCUT2D eigenvalue weighted by Crippen LogP contribution is 2.51. The molecule has 0 heterocycles. The summed E-state index contributed by atoms with van der Waals surface area (Å²) in [6.07, 6.45) is 1.37. The van der Waals surface area contributed by atoms with Crippen molar-refractivity contribution in [2.45, 2.75) is 30.8 Å². The number of hydrogen-bond acceptors (Lipinski definition) is 1. The van der Waals surface area contributed by atoms with Crippen molar-refractivity contribution in [1.29, 1.82) is 0 Å². The van der Waals surface area contributed by atoms with Gasteiger partial charge in [-0.25, -0.2) is 8.78 Å². The third kappa shape index (κ3) is 2.34. The molecule has 2 aromatic carbocycles. The molecule has 0 aromatic heterocycles. The van der Waals surface area contributed by atoms with E-state index in [1.54, 1.807) is 0 Å². The zero-order chi connectivity index (χ0) is 14.2. The van der Waals surface area contributed by atoms with E-state index in [9.17, 15) is 13.9 Å². The Bertz CT molecular complexity index is 606. The lowest BCUT2D eigenvalue weighted by atomic mass is 9.86. The van der Waals surface area contributed by atoms with Crippen LogP contribution in [0.3, 0.4) is 0 Å². The van der Waals surface area contributed by atoms with Crippen LogP contribution in [0.25, 0.3) is 0 Å². The molecule has 0 bridgehead atoms. The summed E-state index contributed by atoms with van der Waals surface area (Å²) in [4.78, 5) is 0. The molecule has 1 saturated carbocycles. The van der Waals surface area contributed by atoms with E-state index in [1.165, 1.54) is 12.1 Å². The van der Waals surface area contributed by atoms with E-state index < -0.39 is 17.7 Å². The predicted molar refractivity (Wildman–Crippen MR) is 73.4 cm³/mol. The van der Waals surface area contributed by atoms with Gasteiger partial charge in [0.1, 0.15) is 11.6 Å². The molecule has 0 amide bonds. The quantitative estimate of drug-likeness (QED) is 0.903. The average Bonchev–Trinajstić information content (AvgIpc) is 3.24. The maximum Gasteiger partial charge on any atom is 0.129 e. The Hall–Kier alpha value is -1.74. The van der Waals surface area contributed by atoms with Crippen LogP contribution in [0.4, 0.5) is 8.78 Å². The number of aliphatic hydroxyl groups is 1. The Kier molecular flexibility index (Phi) is 3.30. The number of hydrogen-bond donors (Lipinski definition) is 1. The molecule has 1 atom stereocenters. The van der Waals surface area contributed by atoms with E-state index in [1.807, 2.05) is 30.3 Å². The topological polar surface area (TPSA) is 20.2 Å². The third-order valence-corrected chi connectivity index (χ3v) is 4.20. The second-order valence-corrected chi connectivity index (χ2v) is 5.48. The van der Waals surface area contributed by atoms with Gasteiger partial charge in [-0.2, -0.15) is 0 Å². The van der Waals surface area contributed by atoms with Crippen LogP contribution in [-0.2, 0) is 11.8 Å². The normalized spacial score (nSPS) is 17.8. The predicted octanol–water partition coefficient (Wildman–Crippen LogP) is 3.60. The summed E-state index contributed by atoms with van der Waals surface area (Å²) in [5, 5.41) is 10.5. The van der Waals surface area contributed by atoms with Crippen LogP contribution in [0.5, 0.6) is 0 Å². The number of rotatable bonds is 4. The van der Waals surface area contributed by atoms with Crippen molar-refractivity contribution >= 4 is 0 Å². The van der Waals surface area contributed by atoms with Crippen molar-refractivity contribution in [2.24, 2.45) is 0 Å². The molecule has 1 fully saturated rings. The van der Waals surface area contributed by atoms with Crippen molar-refractivity contribution in [3.05, 3.63) is 71.3 Å². The summed E-state index contributed by atoms with van der Waals surface area (Å²) in [5.41, 5.74) is 1.19. The van der Waals surface area contributed by atoms with Gasteiger partial charge >= 0.3 is 0 Å². The van der Waals surface area contributed by atoms with Gasteiger partial charge in [-0.15, -0.1) is 0 Å². The molecule has 0 aliphatic heterocycles. The van der Waals surface area contributed by atoms with Crippen LogP contribution in [0.2, 0.25) is 0 Å². The lowest BCUT2D eigenvalue weighted by Gasteiger charge is -2.23. The molecule has 3 heteroatoms. The summed E-state index contributed by atoms with van der Waals surface area (Å²) in [6, 6.07) is 13.3. The van der Waals surface area contributed by atoms with E-state index >= 15 is 0 Å². The summed E-state index contributed by atoms with van der Waals surface area (Å²) in [7, 11) is 0. The highest BCUT2D eigenvalue weighted by Gasteiger charge is 2.50. The summed E-state index contributed by atoms with van der Waals surface area (Å²) < 4.78 is 26.6. The van der Waals surface area contributed by atoms with Crippen LogP contribution < -0.4 is 0 Å². The van der Waals surface area contributed by atoms with Gasteiger partial charge in [0.15, 0.2) is 0 Å². The minimum Gasteiger partial charge on any atom is -0.392 e. The van der Waals surface area contributed by atoms with Crippen LogP contribution in [-0.4, -0.2) is 11.2 Å². The Morgan fingerprint density at radius 3 is 2.35 bits per heavy atom. The fraction of sp³-hybridized carbons (Fsp3) is 0.294. The third-order valence-electron chi connectivity index (χ3n) is 4.20. The Balaban J connectivity index is 1.81. The molecule has 1 aliphatic rings. The SMILES string of the molecule is OC(Cc1ccc(F)cc1F)C1(c2ccccc2)CC1. The van der Waals surface area contributed by atoms with Crippen molar-refractivity contribution in [3.8, 4) is 0 Å². The fourth-order valence-electron chi connectivity index (χ4n) is 2.81. The summed E-state index contributed by atoms with van der Waals surface area (Å²) in [5.74, 6) is -1.18. The highest BCUT2D eigenvalue weighted by molar-refractivity contribution is 5.34.